The molecule has 4 rings (SSSR count). The molecule has 2 aromatic rings. The summed E-state index contributed by atoms with van der Waals surface area (Å²) in [7, 11) is 1.62. The first-order valence-electron chi connectivity index (χ1n) is 8.61. The predicted molar refractivity (Wildman–Crippen MR) is 90.2 cm³/mol. The molecule has 1 saturated heterocycles. The minimum absolute atomic E-state index is 0.0209. The molecule has 1 amide bonds. The summed E-state index contributed by atoms with van der Waals surface area (Å²) in [5.41, 5.74) is 0.630. The summed E-state index contributed by atoms with van der Waals surface area (Å²) in [5, 5.41) is 15.2. The highest BCUT2D eigenvalue weighted by molar-refractivity contribution is 5.91. The lowest BCUT2D eigenvalue weighted by Gasteiger charge is -2.31. The molecule has 1 aliphatic carbocycles. The van der Waals surface area contributed by atoms with Crippen molar-refractivity contribution >= 4 is 5.91 Å². The summed E-state index contributed by atoms with van der Waals surface area (Å²) >= 11 is 0. The minimum atomic E-state index is -0.925. The summed E-state index contributed by atoms with van der Waals surface area (Å²) in [6.45, 7) is 2.97. The summed E-state index contributed by atoms with van der Waals surface area (Å²) in [6.07, 6.45) is 1.61. The number of fused-ring (bicyclic) bond motifs is 1. The second-order valence-corrected chi connectivity index (χ2v) is 7.10. The van der Waals surface area contributed by atoms with Crippen molar-refractivity contribution in [2.24, 2.45) is 11.8 Å². The molecule has 132 valence electrons. The average Bonchev–Trinajstić information content (AvgIpc) is 3.32. The van der Waals surface area contributed by atoms with Crippen molar-refractivity contribution in [1.82, 2.24) is 10.1 Å². The van der Waals surface area contributed by atoms with E-state index in [1.54, 1.807) is 25.0 Å². The maximum Gasteiger partial charge on any atom is 0.292 e. The van der Waals surface area contributed by atoms with Crippen LogP contribution in [-0.4, -0.2) is 41.3 Å². The summed E-state index contributed by atoms with van der Waals surface area (Å²) in [6, 6.07) is 9.26. The number of carbonyl (C=O) groups is 1. The third kappa shape index (κ3) is 2.61. The first-order chi connectivity index (χ1) is 12.0. The van der Waals surface area contributed by atoms with E-state index in [4.69, 9.17) is 9.26 Å². The first-order valence-corrected chi connectivity index (χ1v) is 8.61. The van der Waals surface area contributed by atoms with E-state index in [0.29, 0.717) is 31.1 Å². The Balaban J connectivity index is 1.57. The van der Waals surface area contributed by atoms with Crippen LogP contribution < -0.4 is 4.74 Å². The molecule has 25 heavy (non-hydrogen) atoms. The average molecular weight is 342 g/mol. The highest BCUT2D eigenvalue weighted by Gasteiger charge is 2.53. The van der Waals surface area contributed by atoms with Crippen LogP contribution in [0.5, 0.6) is 5.75 Å². The van der Waals surface area contributed by atoms with Crippen LogP contribution in [0.2, 0.25) is 0 Å². The number of carbonyl (C=O) groups excluding carboxylic acids is 1. The van der Waals surface area contributed by atoms with E-state index in [1.807, 2.05) is 24.3 Å². The number of aromatic nitrogens is 1. The molecule has 3 atom stereocenters. The number of nitrogens with zero attached hydrogens (tertiary/aromatic N) is 2. The molecule has 2 aliphatic rings. The van der Waals surface area contributed by atoms with Crippen LogP contribution >= 0.6 is 0 Å². The number of hydrogen-bond acceptors (Lipinski definition) is 5. The molecular formula is C19H22N2O4. The van der Waals surface area contributed by atoms with Crippen LogP contribution in [0.25, 0.3) is 0 Å². The fourth-order valence-electron chi connectivity index (χ4n) is 4.33. The van der Waals surface area contributed by atoms with Crippen LogP contribution in [0, 0.1) is 18.8 Å². The molecule has 1 aromatic carbocycles. The molecule has 2 fully saturated rings. The van der Waals surface area contributed by atoms with Gasteiger partial charge in [-0.2, -0.15) is 0 Å². The summed E-state index contributed by atoms with van der Waals surface area (Å²) < 4.78 is 10.4. The van der Waals surface area contributed by atoms with E-state index in [0.717, 1.165) is 17.7 Å². The standard InChI is InChI=1S/C19H22N2O4/c1-12-8-17(25-20-12)18(22)21-10-13-6-7-19(23,16(13)11-21)14-4-3-5-15(9-14)24-2/h3-5,8-9,13,16,23H,6-7,10-11H2,1-2H3/t13-,16+,19+/m1/s1. The number of amides is 1. The number of aryl methyl sites for hydroxylation is 1. The molecule has 6 nitrogen and oxygen atoms in total. The zero-order valence-electron chi connectivity index (χ0n) is 14.4. The molecule has 2 heterocycles. The van der Waals surface area contributed by atoms with E-state index in [-0.39, 0.29) is 17.6 Å². The number of aliphatic hydroxyl groups is 1. The maximum absolute atomic E-state index is 12.6. The van der Waals surface area contributed by atoms with Crippen LogP contribution in [0.1, 0.15) is 34.7 Å². The van der Waals surface area contributed by atoms with Gasteiger partial charge in [-0.25, -0.2) is 0 Å². The minimum Gasteiger partial charge on any atom is -0.497 e. The van der Waals surface area contributed by atoms with Crippen molar-refractivity contribution in [3.63, 3.8) is 0 Å². The lowest BCUT2D eigenvalue weighted by molar-refractivity contribution is -0.00621. The van der Waals surface area contributed by atoms with Crippen LogP contribution in [0.4, 0.5) is 0 Å². The largest absolute Gasteiger partial charge is 0.497 e. The molecule has 1 saturated carbocycles. The Morgan fingerprint density at radius 3 is 2.96 bits per heavy atom. The van der Waals surface area contributed by atoms with Crippen LogP contribution in [-0.2, 0) is 5.60 Å². The van der Waals surface area contributed by atoms with Gasteiger partial charge in [0.25, 0.3) is 5.91 Å². The fraction of sp³-hybridized carbons (Fsp3) is 0.474. The molecule has 1 aromatic heterocycles. The lowest BCUT2D eigenvalue weighted by atomic mass is 9.82. The van der Waals surface area contributed by atoms with Crippen LogP contribution in [0.15, 0.2) is 34.9 Å². The van der Waals surface area contributed by atoms with Crippen molar-refractivity contribution in [1.29, 1.82) is 0 Å². The van der Waals surface area contributed by atoms with Gasteiger partial charge in [0.2, 0.25) is 5.76 Å². The van der Waals surface area contributed by atoms with Gasteiger partial charge < -0.3 is 19.3 Å². The Labute approximate surface area is 146 Å². The number of rotatable bonds is 3. The van der Waals surface area contributed by atoms with Crippen molar-refractivity contribution < 1.29 is 19.2 Å². The van der Waals surface area contributed by atoms with E-state index < -0.39 is 5.60 Å². The van der Waals surface area contributed by atoms with Gasteiger partial charge in [-0.1, -0.05) is 17.3 Å². The Bertz CT molecular complexity index is 802. The number of methoxy groups -OCH3 is 1. The number of likely N-dealkylation sites (tertiary alicyclic amines) is 1. The number of hydrogen-bond donors (Lipinski definition) is 1. The molecule has 0 radical (unpaired) electrons. The van der Waals surface area contributed by atoms with Crippen molar-refractivity contribution in [3.05, 3.63) is 47.3 Å². The van der Waals surface area contributed by atoms with E-state index in [1.165, 1.54) is 0 Å². The number of benzene rings is 1. The number of ether oxygens (including phenoxy) is 1. The Kier molecular flexibility index (Phi) is 3.80. The Hall–Kier alpha value is -2.34. The summed E-state index contributed by atoms with van der Waals surface area (Å²) in [4.78, 5) is 14.4. The van der Waals surface area contributed by atoms with Gasteiger partial charge in [0.1, 0.15) is 5.75 Å². The van der Waals surface area contributed by atoms with Gasteiger partial charge in [-0.3, -0.25) is 4.79 Å². The molecule has 0 unspecified atom stereocenters. The molecule has 1 aliphatic heterocycles. The van der Waals surface area contributed by atoms with E-state index in [9.17, 15) is 9.90 Å². The maximum atomic E-state index is 12.6. The van der Waals surface area contributed by atoms with Gasteiger partial charge in [0.05, 0.1) is 18.4 Å². The second-order valence-electron chi connectivity index (χ2n) is 7.10. The van der Waals surface area contributed by atoms with E-state index >= 15 is 0 Å². The normalized spacial score (nSPS) is 28.2. The van der Waals surface area contributed by atoms with Gasteiger partial charge in [-0.15, -0.1) is 0 Å². The van der Waals surface area contributed by atoms with Gasteiger partial charge in [0, 0.05) is 25.1 Å². The Morgan fingerprint density at radius 2 is 2.24 bits per heavy atom. The molecule has 0 bridgehead atoms. The third-order valence-electron chi connectivity index (χ3n) is 5.65. The zero-order valence-corrected chi connectivity index (χ0v) is 14.4. The third-order valence-corrected chi connectivity index (χ3v) is 5.65. The molecule has 1 N–H and O–H groups in total. The second kappa shape index (κ2) is 5.88. The zero-order chi connectivity index (χ0) is 17.6. The van der Waals surface area contributed by atoms with Gasteiger partial charge >= 0.3 is 0 Å². The Morgan fingerprint density at radius 1 is 1.40 bits per heavy atom. The van der Waals surface area contributed by atoms with Gasteiger partial charge in [0.15, 0.2) is 0 Å². The predicted octanol–water partition coefficient (Wildman–Crippen LogP) is 2.36. The monoisotopic (exact) mass is 342 g/mol. The SMILES string of the molecule is COc1cccc([C@@]2(O)CC[C@@H]3CN(C(=O)c4cc(C)no4)C[C@@H]32)c1. The van der Waals surface area contributed by atoms with E-state index in [2.05, 4.69) is 5.16 Å². The molecule has 6 heteroatoms. The molecular weight excluding hydrogens is 320 g/mol. The highest BCUT2D eigenvalue weighted by atomic mass is 16.5. The van der Waals surface area contributed by atoms with Gasteiger partial charge in [-0.05, 0) is 43.4 Å². The lowest BCUT2D eigenvalue weighted by Crippen LogP contribution is -2.36. The van der Waals surface area contributed by atoms with Crippen molar-refractivity contribution in [2.45, 2.75) is 25.4 Å². The smallest absolute Gasteiger partial charge is 0.292 e. The summed E-state index contributed by atoms with van der Waals surface area (Å²) in [5.74, 6) is 1.17. The fourth-order valence-corrected chi connectivity index (χ4v) is 4.33. The molecule has 0 spiro atoms. The quantitative estimate of drug-likeness (QED) is 0.927. The van der Waals surface area contributed by atoms with Crippen molar-refractivity contribution in [3.8, 4) is 5.75 Å². The van der Waals surface area contributed by atoms with Crippen LogP contribution in [0.3, 0.4) is 0 Å². The first kappa shape index (κ1) is 16.1. The van der Waals surface area contributed by atoms with Crippen molar-refractivity contribution in [2.75, 3.05) is 20.2 Å². The highest BCUT2D eigenvalue weighted by Crippen LogP contribution is 2.51. The topological polar surface area (TPSA) is 75.8 Å².